The van der Waals surface area contributed by atoms with E-state index in [2.05, 4.69) is 73.6 Å². The van der Waals surface area contributed by atoms with Gasteiger partial charge in [-0.2, -0.15) is 0 Å². The first-order chi connectivity index (χ1) is 22.1. The number of benzene rings is 4. The van der Waals surface area contributed by atoms with Crippen molar-refractivity contribution in [3.8, 4) is 0 Å². The molecular formula is C38H44N2O6. The zero-order valence-corrected chi connectivity index (χ0v) is 27.2. The van der Waals surface area contributed by atoms with E-state index in [1.165, 1.54) is 23.3 Å². The molecule has 6 atom stereocenters. The second kappa shape index (κ2) is 15.0. The number of fused-ring (bicyclic) bond motifs is 1. The first kappa shape index (κ1) is 33.3. The second-order valence-electron chi connectivity index (χ2n) is 12.3. The number of amides is 1. The van der Waals surface area contributed by atoms with Gasteiger partial charge in [0.15, 0.2) is 12.4 Å². The van der Waals surface area contributed by atoms with Crippen LogP contribution < -0.4 is 5.32 Å². The number of aliphatic hydroxyl groups is 1. The molecule has 1 saturated heterocycles. The second-order valence-corrected chi connectivity index (χ2v) is 12.3. The molecule has 2 N–H and O–H groups in total. The van der Waals surface area contributed by atoms with Gasteiger partial charge in [0.2, 0.25) is 0 Å². The molecule has 8 nitrogen and oxygen atoms in total. The Morgan fingerprint density at radius 1 is 0.891 bits per heavy atom. The molecule has 0 spiro atoms. The average molecular weight is 625 g/mol. The van der Waals surface area contributed by atoms with Crippen LogP contribution in [0.4, 0.5) is 0 Å². The fraction of sp³-hybridized carbons (Fsp3) is 0.368. The number of hydrogen-bond acceptors (Lipinski definition) is 7. The van der Waals surface area contributed by atoms with Gasteiger partial charge in [-0.15, -0.1) is 0 Å². The van der Waals surface area contributed by atoms with Crippen molar-refractivity contribution in [1.29, 1.82) is 0 Å². The largest absolute Gasteiger partial charge is 0.453 e. The van der Waals surface area contributed by atoms with Crippen molar-refractivity contribution in [2.75, 3.05) is 13.6 Å². The molecule has 8 heteroatoms. The van der Waals surface area contributed by atoms with Gasteiger partial charge in [-0.3, -0.25) is 14.5 Å². The van der Waals surface area contributed by atoms with Gasteiger partial charge in [-0.05, 0) is 60.0 Å². The van der Waals surface area contributed by atoms with Crippen LogP contribution in [-0.4, -0.2) is 47.7 Å². The number of nitrogens with zero attached hydrogens (tertiary/aromatic N) is 1. The van der Waals surface area contributed by atoms with E-state index in [1.54, 1.807) is 6.92 Å². The van der Waals surface area contributed by atoms with E-state index in [4.69, 9.17) is 14.2 Å². The Labute approximate surface area is 271 Å². The third-order valence-electron chi connectivity index (χ3n) is 8.94. The highest BCUT2D eigenvalue weighted by Crippen LogP contribution is 2.42. The van der Waals surface area contributed by atoms with E-state index in [1.807, 2.05) is 48.5 Å². The van der Waals surface area contributed by atoms with E-state index < -0.39 is 18.4 Å². The Kier molecular flexibility index (Phi) is 10.9. The lowest BCUT2D eigenvalue weighted by Crippen LogP contribution is -2.44. The molecule has 4 aromatic carbocycles. The topological polar surface area (TPSA) is 97.3 Å². The molecule has 0 saturated carbocycles. The van der Waals surface area contributed by atoms with E-state index >= 15 is 0 Å². The van der Waals surface area contributed by atoms with Gasteiger partial charge in [0, 0.05) is 37.5 Å². The summed E-state index contributed by atoms with van der Waals surface area (Å²) in [6, 6.07) is 30.9. The van der Waals surface area contributed by atoms with Crippen LogP contribution >= 0.6 is 0 Å². The molecule has 1 amide bonds. The van der Waals surface area contributed by atoms with Crippen LogP contribution in [0.3, 0.4) is 0 Å². The maximum absolute atomic E-state index is 12.3. The first-order valence-corrected chi connectivity index (χ1v) is 15.9. The SMILES string of the molecule is CC(=O)OC(C)C(=O)NCc1ccc(C2OC(CN(C)C(C)c3ccc4ccccc4c3)C(C)C(c3ccc(CO)cc3)O2)cc1. The predicted molar refractivity (Wildman–Crippen MR) is 177 cm³/mol. The Bertz CT molecular complexity index is 1620. The fourth-order valence-electron chi connectivity index (χ4n) is 5.92. The Balaban J connectivity index is 1.32. The summed E-state index contributed by atoms with van der Waals surface area (Å²) in [4.78, 5) is 25.8. The molecule has 5 rings (SSSR count). The van der Waals surface area contributed by atoms with Gasteiger partial charge >= 0.3 is 5.97 Å². The summed E-state index contributed by atoms with van der Waals surface area (Å²) in [7, 11) is 2.14. The number of ether oxygens (including phenoxy) is 3. The summed E-state index contributed by atoms with van der Waals surface area (Å²) < 4.78 is 18.3. The molecule has 0 radical (unpaired) electrons. The van der Waals surface area contributed by atoms with E-state index in [0.29, 0.717) is 13.1 Å². The van der Waals surface area contributed by atoms with E-state index in [0.717, 1.165) is 22.3 Å². The summed E-state index contributed by atoms with van der Waals surface area (Å²) in [6.07, 6.45) is -1.80. The Morgan fingerprint density at radius 2 is 1.54 bits per heavy atom. The van der Waals surface area contributed by atoms with E-state index in [9.17, 15) is 14.7 Å². The van der Waals surface area contributed by atoms with Crippen molar-refractivity contribution in [2.24, 2.45) is 5.92 Å². The van der Waals surface area contributed by atoms with Crippen LogP contribution in [0.2, 0.25) is 0 Å². The summed E-state index contributed by atoms with van der Waals surface area (Å²) in [5.74, 6) is -0.799. The molecule has 0 aliphatic carbocycles. The summed E-state index contributed by atoms with van der Waals surface area (Å²) in [5, 5.41) is 14.8. The van der Waals surface area contributed by atoms with E-state index in [-0.39, 0.29) is 36.7 Å². The third-order valence-corrected chi connectivity index (χ3v) is 8.94. The van der Waals surface area contributed by atoms with Gasteiger partial charge in [0.25, 0.3) is 5.91 Å². The highest BCUT2D eigenvalue weighted by molar-refractivity contribution is 5.83. The van der Waals surface area contributed by atoms with Gasteiger partial charge in [-0.1, -0.05) is 91.9 Å². The van der Waals surface area contributed by atoms with Crippen LogP contribution in [0.25, 0.3) is 10.8 Å². The van der Waals surface area contributed by atoms with Crippen molar-refractivity contribution < 1.29 is 28.9 Å². The fourth-order valence-corrected chi connectivity index (χ4v) is 5.92. The molecule has 1 aliphatic heterocycles. The van der Waals surface area contributed by atoms with Crippen molar-refractivity contribution in [3.63, 3.8) is 0 Å². The summed E-state index contributed by atoms with van der Waals surface area (Å²) >= 11 is 0. The molecule has 0 bridgehead atoms. The quantitative estimate of drug-likeness (QED) is 0.187. The molecule has 1 heterocycles. The lowest BCUT2D eigenvalue weighted by Gasteiger charge is -2.43. The molecule has 242 valence electrons. The molecular weight excluding hydrogens is 580 g/mol. The van der Waals surface area contributed by atoms with Crippen LogP contribution in [-0.2, 0) is 37.0 Å². The maximum Gasteiger partial charge on any atom is 0.303 e. The van der Waals surface area contributed by atoms with Gasteiger partial charge in [0.05, 0.1) is 18.8 Å². The highest BCUT2D eigenvalue weighted by Gasteiger charge is 2.39. The number of nitrogens with one attached hydrogen (secondary N) is 1. The maximum atomic E-state index is 12.3. The average Bonchev–Trinajstić information content (AvgIpc) is 3.07. The van der Waals surface area contributed by atoms with Crippen molar-refractivity contribution in [2.45, 2.75) is 71.5 Å². The minimum Gasteiger partial charge on any atom is -0.453 e. The standard InChI is InChI=1S/C38H44N2O6/c1-24-35(22-40(5)25(2)33-19-18-30-8-6-7-9-34(30)20-33)45-38(46-36(24)31-14-12-29(23-41)13-15-31)32-16-10-28(11-17-32)21-39-37(43)26(3)44-27(4)42/h6-20,24-26,35-36,38,41H,21-23H2,1-5H3,(H,39,43). The number of carbonyl (C=O) groups is 2. The zero-order chi connectivity index (χ0) is 32.8. The number of rotatable bonds is 11. The number of carbonyl (C=O) groups excluding carboxylic acids is 2. The first-order valence-electron chi connectivity index (χ1n) is 15.9. The van der Waals surface area contributed by atoms with Crippen LogP contribution in [0.15, 0.2) is 91.0 Å². The normalized spacial score (nSPS) is 21.1. The summed E-state index contributed by atoms with van der Waals surface area (Å²) in [6.45, 7) is 8.20. The van der Waals surface area contributed by atoms with Gasteiger partial charge < -0.3 is 24.6 Å². The molecule has 6 unspecified atom stereocenters. The van der Waals surface area contributed by atoms with Crippen LogP contribution in [0.5, 0.6) is 0 Å². The molecule has 46 heavy (non-hydrogen) atoms. The minimum absolute atomic E-state index is 0.0113. The smallest absolute Gasteiger partial charge is 0.303 e. The zero-order valence-electron chi connectivity index (χ0n) is 27.2. The van der Waals surface area contributed by atoms with Crippen LogP contribution in [0.1, 0.15) is 73.9 Å². The lowest BCUT2D eigenvalue weighted by molar-refractivity contribution is -0.276. The summed E-state index contributed by atoms with van der Waals surface area (Å²) in [5.41, 5.74) is 4.91. The lowest BCUT2D eigenvalue weighted by atomic mass is 9.89. The van der Waals surface area contributed by atoms with Gasteiger partial charge in [0.1, 0.15) is 0 Å². The monoisotopic (exact) mass is 624 g/mol. The molecule has 0 aromatic heterocycles. The highest BCUT2D eigenvalue weighted by atomic mass is 16.7. The van der Waals surface area contributed by atoms with Gasteiger partial charge in [-0.25, -0.2) is 0 Å². The Hall–Kier alpha value is -4.08. The van der Waals surface area contributed by atoms with Crippen LogP contribution in [0, 0.1) is 5.92 Å². The minimum atomic E-state index is -0.856. The molecule has 1 aliphatic rings. The number of aliphatic hydroxyl groups excluding tert-OH is 1. The number of esters is 1. The number of likely N-dealkylation sites (N-methyl/N-ethyl adjacent to an activating group) is 1. The van der Waals surface area contributed by atoms with Crippen molar-refractivity contribution in [1.82, 2.24) is 10.2 Å². The molecule has 1 fully saturated rings. The Morgan fingerprint density at radius 3 is 2.22 bits per heavy atom. The van der Waals surface area contributed by atoms with Crippen molar-refractivity contribution in [3.05, 3.63) is 119 Å². The molecule has 4 aromatic rings. The van der Waals surface area contributed by atoms with Crippen molar-refractivity contribution >= 4 is 22.6 Å². The predicted octanol–water partition coefficient (Wildman–Crippen LogP) is 6.38. The third kappa shape index (κ3) is 8.00. The number of hydrogen-bond donors (Lipinski definition) is 2.